The second kappa shape index (κ2) is 7.41. The first-order chi connectivity index (χ1) is 9.69. The van der Waals surface area contributed by atoms with E-state index in [-0.39, 0.29) is 0 Å². The third-order valence-electron chi connectivity index (χ3n) is 4.77. The van der Waals surface area contributed by atoms with Crippen LogP contribution in [0.1, 0.15) is 58.3 Å². The summed E-state index contributed by atoms with van der Waals surface area (Å²) in [5.41, 5.74) is -0.699. The first-order valence-corrected chi connectivity index (χ1v) is 8.40. The SMILES string of the molecule is CCCNC(CN1CCCCCCC1)(C(=O)O)C1CC1. The molecule has 2 aliphatic rings. The topological polar surface area (TPSA) is 52.6 Å². The summed E-state index contributed by atoms with van der Waals surface area (Å²) in [5.74, 6) is -0.312. The zero-order chi connectivity index (χ0) is 14.4. The van der Waals surface area contributed by atoms with Gasteiger partial charge in [0.15, 0.2) is 0 Å². The Morgan fingerprint density at radius 2 is 1.80 bits per heavy atom. The second-order valence-corrected chi connectivity index (χ2v) is 6.52. The fourth-order valence-electron chi connectivity index (χ4n) is 3.40. The van der Waals surface area contributed by atoms with E-state index in [1.165, 1.54) is 32.1 Å². The van der Waals surface area contributed by atoms with Gasteiger partial charge in [0.1, 0.15) is 5.54 Å². The van der Waals surface area contributed by atoms with E-state index in [1.54, 1.807) is 0 Å². The Kier molecular flexibility index (Phi) is 5.85. The quantitative estimate of drug-likeness (QED) is 0.753. The molecule has 0 aromatic heterocycles. The predicted molar refractivity (Wildman–Crippen MR) is 80.9 cm³/mol. The van der Waals surface area contributed by atoms with E-state index in [2.05, 4.69) is 17.1 Å². The van der Waals surface area contributed by atoms with Crippen molar-refractivity contribution in [3.63, 3.8) is 0 Å². The van der Waals surface area contributed by atoms with E-state index in [0.717, 1.165) is 38.9 Å². The van der Waals surface area contributed by atoms with Crippen LogP contribution in [0.3, 0.4) is 0 Å². The van der Waals surface area contributed by atoms with Crippen molar-refractivity contribution in [2.24, 2.45) is 5.92 Å². The van der Waals surface area contributed by atoms with Crippen LogP contribution in [0, 0.1) is 5.92 Å². The lowest BCUT2D eigenvalue weighted by atomic mass is 9.91. The molecule has 1 aliphatic heterocycles. The molecule has 2 N–H and O–H groups in total. The zero-order valence-electron chi connectivity index (χ0n) is 12.9. The largest absolute Gasteiger partial charge is 0.480 e. The highest BCUT2D eigenvalue weighted by Gasteiger charge is 2.51. The van der Waals surface area contributed by atoms with Crippen molar-refractivity contribution in [2.75, 3.05) is 26.2 Å². The van der Waals surface area contributed by atoms with Crippen LogP contribution < -0.4 is 5.32 Å². The first kappa shape index (κ1) is 15.8. The summed E-state index contributed by atoms with van der Waals surface area (Å²) in [7, 11) is 0. The van der Waals surface area contributed by atoms with Gasteiger partial charge in [0.25, 0.3) is 0 Å². The summed E-state index contributed by atoms with van der Waals surface area (Å²) in [6, 6.07) is 0. The van der Waals surface area contributed by atoms with Gasteiger partial charge >= 0.3 is 5.97 Å². The van der Waals surface area contributed by atoms with Gasteiger partial charge in [0.05, 0.1) is 0 Å². The predicted octanol–water partition coefficient (Wildman–Crippen LogP) is 2.49. The molecule has 2 fully saturated rings. The number of likely N-dealkylation sites (tertiary alicyclic amines) is 1. The summed E-state index contributed by atoms with van der Waals surface area (Å²) in [6.07, 6.45) is 9.48. The van der Waals surface area contributed by atoms with Crippen molar-refractivity contribution in [1.29, 1.82) is 0 Å². The first-order valence-electron chi connectivity index (χ1n) is 8.40. The van der Waals surface area contributed by atoms with Crippen LogP contribution in [0.15, 0.2) is 0 Å². The molecule has 1 saturated heterocycles. The van der Waals surface area contributed by atoms with Crippen LogP contribution >= 0.6 is 0 Å². The lowest BCUT2D eigenvalue weighted by molar-refractivity contribution is -0.147. The van der Waals surface area contributed by atoms with Gasteiger partial charge in [-0.05, 0) is 57.7 Å². The highest BCUT2D eigenvalue weighted by Crippen LogP contribution is 2.40. The van der Waals surface area contributed by atoms with Crippen LogP contribution in [0.5, 0.6) is 0 Å². The number of hydrogen-bond acceptors (Lipinski definition) is 3. The number of nitrogens with zero attached hydrogens (tertiary/aromatic N) is 1. The Balaban J connectivity index is 2.02. The molecular formula is C16H30N2O2. The molecule has 1 aliphatic carbocycles. The highest BCUT2D eigenvalue weighted by molar-refractivity contribution is 5.80. The van der Waals surface area contributed by atoms with Crippen molar-refractivity contribution < 1.29 is 9.90 Å². The average Bonchev–Trinajstić information content (AvgIpc) is 3.21. The Morgan fingerprint density at radius 3 is 2.30 bits per heavy atom. The van der Waals surface area contributed by atoms with E-state index in [9.17, 15) is 9.90 Å². The molecule has 116 valence electrons. The smallest absolute Gasteiger partial charge is 0.325 e. The normalized spacial score (nSPS) is 24.6. The molecule has 1 atom stereocenters. The van der Waals surface area contributed by atoms with Crippen LogP contribution in [0.2, 0.25) is 0 Å². The van der Waals surface area contributed by atoms with E-state index in [1.807, 2.05) is 0 Å². The van der Waals surface area contributed by atoms with Gasteiger partial charge in [-0.3, -0.25) is 4.79 Å². The Hall–Kier alpha value is -0.610. The molecule has 4 heteroatoms. The Morgan fingerprint density at radius 1 is 1.20 bits per heavy atom. The molecule has 0 bridgehead atoms. The maximum atomic E-state index is 11.9. The van der Waals surface area contributed by atoms with E-state index in [4.69, 9.17) is 0 Å². The summed E-state index contributed by atoms with van der Waals surface area (Å²) in [5, 5.41) is 13.2. The minimum absolute atomic E-state index is 0.331. The van der Waals surface area contributed by atoms with Crippen LogP contribution in [0.25, 0.3) is 0 Å². The molecule has 2 rings (SSSR count). The van der Waals surface area contributed by atoms with Crippen molar-refractivity contribution in [3.8, 4) is 0 Å². The van der Waals surface area contributed by atoms with Gasteiger partial charge in [-0.1, -0.05) is 26.2 Å². The second-order valence-electron chi connectivity index (χ2n) is 6.52. The zero-order valence-corrected chi connectivity index (χ0v) is 12.9. The highest BCUT2D eigenvalue weighted by atomic mass is 16.4. The molecule has 0 spiro atoms. The molecule has 20 heavy (non-hydrogen) atoms. The van der Waals surface area contributed by atoms with E-state index >= 15 is 0 Å². The van der Waals surface area contributed by atoms with E-state index < -0.39 is 11.5 Å². The van der Waals surface area contributed by atoms with Gasteiger partial charge in [0, 0.05) is 6.54 Å². The maximum absolute atomic E-state index is 11.9. The lowest BCUT2D eigenvalue weighted by Crippen LogP contribution is -2.61. The summed E-state index contributed by atoms with van der Waals surface area (Å²) < 4.78 is 0. The number of carbonyl (C=O) groups is 1. The van der Waals surface area contributed by atoms with Crippen molar-refractivity contribution in [3.05, 3.63) is 0 Å². The van der Waals surface area contributed by atoms with Crippen molar-refractivity contribution >= 4 is 5.97 Å². The van der Waals surface area contributed by atoms with Crippen LogP contribution in [-0.2, 0) is 4.79 Å². The minimum Gasteiger partial charge on any atom is -0.480 e. The fourth-order valence-corrected chi connectivity index (χ4v) is 3.40. The summed E-state index contributed by atoms with van der Waals surface area (Å²) in [4.78, 5) is 14.3. The molecule has 0 radical (unpaired) electrons. The molecule has 0 aromatic rings. The summed E-state index contributed by atoms with van der Waals surface area (Å²) in [6.45, 7) is 5.72. The molecule has 1 heterocycles. The molecule has 0 aromatic carbocycles. The molecule has 1 saturated carbocycles. The van der Waals surface area contributed by atoms with E-state index in [0.29, 0.717) is 12.5 Å². The van der Waals surface area contributed by atoms with Gasteiger partial charge < -0.3 is 15.3 Å². The van der Waals surface area contributed by atoms with Crippen molar-refractivity contribution in [2.45, 2.75) is 63.8 Å². The standard InChI is InChI=1S/C16H30N2O2/c1-2-10-17-16(15(19)20,14-8-9-14)13-18-11-6-4-3-5-7-12-18/h14,17H,2-13H2,1H3,(H,19,20). The Labute approximate surface area is 122 Å². The minimum atomic E-state index is -0.699. The molecular weight excluding hydrogens is 252 g/mol. The fraction of sp³-hybridized carbons (Fsp3) is 0.938. The monoisotopic (exact) mass is 282 g/mol. The number of rotatable bonds is 7. The Bertz CT molecular complexity index is 310. The third kappa shape index (κ3) is 3.95. The van der Waals surface area contributed by atoms with Crippen LogP contribution in [-0.4, -0.2) is 47.7 Å². The molecule has 4 nitrogen and oxygen atoms in total. The molecule has 0 amide bonds. The average molecular weight is 282 g/mol. The van der Waals surface area contributed by atoms with Gasteiger partial charge in [-0.25, -0.2) is 0 Å². The van der Waals surface area contributed by atoms with Crippen molar-refractivity contribution in [1.82, 2.24) is 10.2 Å². The van der Waals surface area contributed by atoms with Gasteiger partial charge in [-0.15, -0.1) is 0 Å². The number of carboxylic acid groups (broad SMARTS) is 1. The van der Waals surface area contributed by atoms with Gasteiger partial charge in [0.2, 0.25) is 0 Å². The maximum Gasteiger partial charge on any atom is 0.325 e. The molecule has 1 unspecified atom stereocenters. The lowest BCUT2D eigenvalue weighted by Gasteiger charge is -2.37. The summed E-state index contributed by atoms with van der Waals surface area (Å²) >= 11 is 0. The number of hydrogen-bond donors (Lipinski definition) is 2. The number of carboxylic acids is 1. The number of aliphatic carboxylic acids is 1. The van der Waals surface area contributed by atoms with Gasteiger partial charge in [-0.2, -0.15) is 0 Å². The third-order valence-corrected chi connectivity index (χ3v) is 4.77. The number of nitrogens with one attached hydrogen (secondary N) is 1. The van der Waals surface area contributed by atoms with Crippen LogP contribution in [0.4, 0.5) is 0 Å².